The molecule has 3 heterocycles. The molecule has 2 N–H and O–H groups in total. The highest BCUT2D eigenvalue weighted by Gasteiger charge is 2.28. The quantitative estimate of drug-likeness (QED) is 0.471. The van der Waals surface area contributed by atoms with Crippen molar-refractivity contribution in [2.45, 2.75) is 25.2 Å². The summed E-state index contributed by atoms with van der Waals surface area (Å²) in [6, 6.07) is 14.4. The van der Waals surface area contributed by atoms with E-state index in [2.05, 4.69) is 37.2 Å². The molecule has 1 unspecified atom stereocenters. The molecule has 2 aliphatic heterocycles. The molecule has 5 rings (SSSR count). The summed E-state index contributed by atoms with van der Waals surface area (Å²) in [6.07, 6.45) is 7.40. The summed E-state index contributed by atoms with van der Waals surface area (Å²) in [6.45, 7) is 5.64. The van der Waals surface area contributed by atoms with Gasteiger partial charge in [-0.05, 0) is 67.6 Å². The Morgan fingerprint density at radius 3 is 2.68 bits per heavy atom. The summed E-state index contributed by atoms with van der Waals surface area (Å²) < 4.78 is 19.7. The number of ether oxygens (including phenoxy) is 1. The highest BCUT2D eigenvalue weighted by atomic mass is 19.1. The fourth-order valence-corrected chi connectivity index (χ4v) is 4.44. The molecule has 10 heteroatoms. The van der Waals surface area contributed by atoms with Gasteiger partial charge in [0.25, 0.3) is 0 Å². The van der Waals surface area contributed by atoms with Gasteiger partial charge in [-0.2, -0.15) is 5.43 Å². The summed E-state index contributed by atoms with van der Waals surface area (Å²) in [4.78, 5) is 17.6. The van der Waals surface area contributed by atoms with E-state index in [1.807, 2.05) is 48.7 Å². The number of nitrogens with zero attached hydrogens (tertiary/aromatic N) is 6. The van der Waals surface area contributed by atoms with Crippen molar-refractivity contribution in [2.24, 2.45) is 4.99 Å². The van der Waals surface area contributed by atoms with Crippen LogP contribution in [0.3, 0.4) is 0 Å². The average molecular weight is 503 g/mol. The number of rotatable bonds is 8. The fraction of sp³-hybridized carbons (Fsp3) is 0.296. The van der Waals surface area contributed by atoms with Crippen LogP contribution in [-0.2, 0) is 4.74 Å². The van der Waals surface area contributed by atoms with Crippen molar-refractivity contribution in [1.82, 2.24) is 20.3 Å². The van der Waals surface area contributed by atoms with Gasteiger partial charge in [-0.25, -0.2) is 19.4 Å². The van der Waals surface area contributed by atoms with Gasteiger partial charge in [0.15, 0.2) is 6.29 Å². The Kier molecular flexibility index (Phi) is 7.40. The molecule has 3 aromatic rings. The Morgan fingerprint density at radius 2 is 1.95 bits per heavy atom. The standard InChI is InChI=1S/C27H31FN8O/c1-4-34(2)23-16-19(15-20(28)17-23)25-9-12-29-26(32-25)31-21-5-7-22(8-6-21)36-18-30-27(33-36)35-13-10-24(37-3)11-14-35/h4-9,12,15-18,24,27,33H,1,10-11,13-14H2,2-3H3,(H,29,31,32). The lowest BCUT2D eigenvalue weighted by molar-refractivity contribution is 0.0248. The van der Waals surface area contributed by atoms with E-state index in [0.29, 0.717) is 29.0 Å². The van der Waals surface area contributed by atoms with E-state index in [4.69, 9.17) is 4.74 Å². The molecular weight excluding hydrogens is 471 g/mol. The molecule has 192 valence electrons. The predicted molar refractivity (Wildman–Crippen MR) is 145 cm³/mol. The van der Waals surface area contributed by atoms with E-state index in [-0.39, 0.29) is 12.1 Å². The van der Waals surface area contributed by atoms with Gasteiger partial charge in [-0.1, -0.05) is 6.58 Å². The molecule has 2 aromatic carbocycles. The van der Waals surface area contributed by atoms with Crippen LogP contribution in [0.25, 0.3) is 11.3 Å². The normalized spacial score (nSPS) is 18.2. The van der Waals surface area contributed by atoms with Crippen LogP contribution in [0.5, 0.6) is 0 Å². The second-order valence-electron chi connectivity index (χ2n) is 9.04. The number of nitrogens with one attached hydrogen (secondary N) is 2. The van der Waals surface area contributed by atoms with Crippen molar-refractivity contribution in [2.75, 3.05) is 42.5 Å². The summed E-state index contributed by atoms with van der Waals surface area (Å²) in [7, 11) is 3.59. The maximum absolute atomic E-state index is 14.2. The third-order valence-corrected chi connectivity index (χ3v) is 6.65. The van der Waals surface area contributed by atoms with Crippen molar-refractivity contribution in [3.63, 3.8) is 0 Å². The monoisotopic (exact) mass is 502 g/mol. The van der Waals surface area contributed by atoms with Gasteiger partial charge in [0.1, 0.15) is 12.2 Å². The molecule has 2 aliphatic rings. The van der Waals surface area contributed by atoms with Crippen molar-refractivity contribution in [1.29, 1.82) is 0 Å². The van der Waals surface area contributed by atoms with Crippen LogP contribution in [-0.4, -0.2) is 60.8 Å². The first-order valence-corrected chi connectivity index (χ1v) is 12.2. The van der Waals surface area contributed by atoms with Crippen molar-refractivity contribution < 1.29 is 9.13 Å². The van der Waals surface area contributed by atoms with Crippen LogP contribution in [0.1, 0.15) is 12.8 Å². The lowest BCUT2D eigenvalue weighted by Gasteiger charge is -2.34. The largest absolute Gasteiger partial charge is 0.381 e. The number of likely N-dealkylation sites (tertiary alicyclic amines) is 1. The zero-order chi connectivity index (χ0) is 25.8. The van der Waals surface area contributed by atoms with Crippen LogP contribution in [0.4, 0.5) is 27.4 Å². The minimum atomic E-state index is -0.342. The molecule has 1 saturated heterocycles. The number of hydrogen-bond acceptors (Lipinski definition) is 9. The lowest BCUT2D eigenvalue weighted by Crippen LogP contribution is -2.50. The number of benzene rings is 2. The summed E-state index contributed by atoms with van der Waals surface area (Å²) >= 11 is 0. The zero-order valence-electron chi connectivity index (χ0n) is 21.0. The SMILES string of the molecule is C=CN(C)c1cc(F)cc(-c2ccnc(Nc3ccc(N4C=NC(N5CCC(OC)CC5)N4)cc3)n2)c1. The maximum Gasteiger partial charge on any atom is 0.227 e. The smallest absolute Gasteiger partial charge is 0.227 e. The average Bonchev–Trinajstić information content (AvgIpc) is 3.43. The summed E-state index contributed by atoms with van der Waals surface area (Å²) in [5, 5.41) is 5.16. The van der Waals surface area contributed by atoms with Crippen LogP contribution in [0.2, 0.25) is 0 Å². The maximum atomic E-state index is 14.2. The number of methoxy groups -OCH3 is 1. The number of piperidine rings is 1. The third kappa shape index (κ3) is 5.77. The molecule has 0 bridgehead atoms. The van der Waals surface area contributed by atoms with Crippen molar-refractivity contribution in [3.8, 4) is 11.3 Å². The van der Waals surface area contributed by atoms with E-state index in [1.54, 1.807) is 30.5 Å². The van der Waals surface area contributed by atoms with E-state index < -0.39 is 0 Å². The fourth-order valence-electron chi connectivity index (χ4n) is 4.44. The molecule has 37 heavy (non-hydrogen) atoms. The van der Waals surface area contributed by atoms with E-state index >= 15 is 0 Å². The molecule has 1 aromatic heterocycles. The van der Waals surface area contributed by atoms with E-state index in [9.17, 15) is 4.39 Å². The Balaban J connectivity index is 1.23. The van der Waals surface area contributed by atoms with Crippen LogP contribution < -0.4 is 20.7 Å². The first kappa shape index (κ1) is 24.8. The van der Waals surface area contributed by atoms with Gasteiger partial charge in [0, 0.05) is 50.4 Å². The molecule has 0 aliphatic carbocycles. The molecule has 1 fully saturated rings. The number of hydrazine groups is 1. The minimum absolute atomic E-state index is 0.0682. The van der Waals surface area contributed by atoms with E-state index in [1.165, 1.54) is 12.1 Å². The Morgan fingerprint density at radius 1 is 1.16 bits per heavy atom. The van der Waals surface area contributed by atoms with Crippen LogP contribution in [0, 0.1) is 5.82 Å². The topological polar surface area (TPSA) is 81.2 Å². The summed E-state index contributed by atoms with van der Waals surface area (Å²) in [5.41, 5.74) is 7.20. The first-order chi connectivity index (χ1) is 18.0. The number of aromatic nitrogens is 2. The third-order valence-electron chi connectivity index (χ3n) is 6.65. The first-order valence-electron chi connectivity index (χ1n) is 12.2. The minimum Gasteiger partial charge on any atom is -0.381 e. The molecule has 1 atom stereocenters. The highest BCUT2D eigenvalue weighted by molar-refractivity contribution is 5.80. The van der Waals surface area contributed by atoms with Crippen LogP contribution in [0.15, 0.2) is 72.5 Å². The van der Waals surface area contributed by atoms with Gasteiger partial charge in [0.2, 0.25) is 5.95 Å². The predicted octanol–water partition coefficient (Wildman–Crippen LogP) is 4.35. The second kappa shape index (κ2) is 11.0. The summed E-state index contributed by atoms with van der Waals surface area (Å²) in [5.74, 6) is 0.0826. The Hall–Kier alpha value is -3.86. The van der Waals surface area contributed by atoms with Gasteiger partial charge in [0.05, 0.1) is 17.5 Å². The number of hydrogen-bond donors (Lipinski definition) is 2. The molecular formula is C27H31FN8O. The Bertz CT molecular complexity index is 1260. The number of aliphatic imine (C=N–C) groups is 1. The van der Waals surface area contributed by atoms with Gasteiger partial charge >= 0.3 is 0 Å². The molecule has 0 amide bonds. The van der Waals surface area contributed by atoms with Gasteiger partial charge in [-0.3, -0.25) is 9.91 Å². The lowest BCUT2D eigenvalue weighted by atomic mass is 10.1. The van der Waals surface area contributed by atoms with Crippen molar-refractivity contribution in [3.05, 3.63) is 73.3 Å². The zero-order valence-corrected chi connectivity index (χ0v) is 21.0. The Labute approximate surface area is 216 Å². The molecule has 0 radical (unpaired) electrons. The van der Waals surface area contributed by atoms with Crippen molar-refractivity contribution >= 4 is 29.3 Å². The molecule has 9 nitrogen and oxygen atoms in total. The van der Waals surface area contributed by atoms with Crippen LogP contribution >= 0.6 is 0 Å². The van der Waals surface area contributed by atoms with Gasteiger partial charge in [-0.15, -0.1) is 0 Å². The molecule has 0 spiro atoms. The second-order valence-corrected chi connectivity index (χ2v) is 9.04. The van der Waals surface area contributed by atoms with Gasteiger partial charge < -0.3 is 15.0 Å². The molecule has 0 saturated carbocycles. The number of anilines is 4. The highest BCUT2D eigenvalue weighted by Crippen LogP contribution is 2.27. The number of halogens is 1. The van der Waals surface area contributed by atoms with E-state index in [0.717, 1.165) is 37.3 Å².